The maximum atomic E-state index is 13.5. The molecule has 0 radical (unpaired) electrons. The van der Waals surface area contributed by atoms with E-state index in [-0.39, 0.29) is 17.8 Å². The summed E-state index contributed by atoms with van der Waals surface area (Å²) in [5, 5.41) is 4.24. The van der Waals surface area contributed by atoms with Gasteiger partial charge in [-0.25, -0.2) is 0 Å². The van der Waals surface area contributed by atoms with E-state index in [2.05, 4.69) is 5.32 Å². The number of para-hydroxylation sites is 1. The number of anilines is 1. The zero-order valence-corrected chi connectivity index (χ0v) is 19.0. The number of rotatable bonds is 6. The van der Waals surface area contributed by atoms with Crippen LogP contribution in [0.3, 0.4) is 0 Å². The zero-order valence-electron chi connectivity index (χ0n) is 17.5. The van der Waals surface area contributed by atoms with Crippen LogP contribution in [0.1, 0.15) is 16.7 Å². The van der Waals surface area contributed by atoms with Gasteiger partial charge in [-0.2, -0.15) is 0 Å². The Balaban J connectivity index is 1.81. The summed E-state index contributed by atoms with van der Waals surface area (Å²) >= 11 is 12.4. The Hall–Kier alpha value is -3.28. The number of nitrogens with zero attached hydrogens (tertiary/aromatic N) is 1. The van der Waals surface area contributed by atoms with Crippen molar-refractivity contribution in [3.05, 3.63) is 99.2 Å². The molecule has 1 aliphatic heterocycles. The van der Waals surface area contributed by atoms with Crippen molar-refractivity contribution in [2.45, 2.75) is 13.5 Å². The Morgan fingerprint density at radius 3 is 2.38 bits per heavy atom. The van der Waals surface area contributed by atoms with Gasteiger partial charge in [0, 0.05) is 21.3 Å². The van der Waals surface area contributed by atoms with Crippen LogP contribution in [0.25, 0.3) is 5.57 Å². The molecule has 3 aromatic rings. The average Bonchev–Trinajstić information content (AvgIpc) is 3.01. The number of ether oxygens (including phenoxy) is 1. The fourth-order valence-corrected chi connectivity index (χ4v) is 4.06. The minimum Gasteiger partial charge on any atom is -0.496 e. The minimum atomic E-state index is -0.440. The highest BCUT2D eigenvalue weighted by Crippen LogP contribution is 2.37. The first-order chi connectivity index (χ1) is 15.4. The molecule has 1 aliphatic rings. The summed E-state index contributed by atoms with van der Waals surface area (Å²) in [4.78, 5) is 28.2. The third-order valence-corrected chi connectivity index (χ3v) is 5.88. The van der Waals surface area contributed by atoms with Crippen molar-refractivity contribution in [3.63, 3.8) is 0 Å². The molecular weight excluding hydrogens is 447 g/mol. The van der Waals surface area contributed by atoms with E-state index in [1.807, 2.05) is 19.1 Å². The van der Waals surface area contributed by atoms with Crippen LogP contribution in [0, 0.1) is 6.92 Å². The highest BCUT2D eigenvalue weighted by atomic mass is 35.5. The van der Waals surface area contributed by atoms with Crippen molar-refractivity contribution >= 4 is 46.3 Å². The molecule has 0 saturated heterocycles. The fraction of sp³-hybridized carbons (Fsp3) is 0.120. The van der Waals surface area contributed by atoms with Gasteiger partial charge in [0.1, 0.15) is 11.4 Å². The van der Waals surface area contributed by atoms with Crippen LogP contribution >= 0.6 is 23.2 Å². The summed E-state index contributed by atoms with van der Waals surface area (Å²) in [7, 11) is 1.53. The first-order valence-corrected chi connectivity index (χ1v) is 10.7. The largest absolute Gasteiger partial charge is 0.496 e. The molecule has 7 heteroatoms. The van der Waals surface area contributed by atoms with Crippen LogP contribution in [0.4, 0.5) is 5.69 Å². The van der Waals surface area contributed by atoms with E-state index in [4.69, 9.17) is 27.9 Å². The number of amides is 2. The van der Waals surface area contributed by atoms with E-state index in [1.165, 1.54) is 12.0 Å². The van der Waals surface area contributed by atoms with Gasteiger partial charge in [-0.05, 0) is 48.4 Å². The van der Waals surface area contributed by atoms with Crippen molar-refractivity contribution in [2.24, 2.45) is 0 Å². The third kappa shape index (κ3) is 4.09. The quantitative estimate of drug-likeness (QED) is 0.473. The summed E-state index contributed by atoms with van der Waals surface area (Å²) in [6.07, 6.45) is 0. The molecule has 5 nitrogen and oxygen atoms in total. The molecule has 32 heavy (non-hydrogen) atoms. The Morgan fingerprint density at radius 1 is 0.938 bits per heavy atom. The molecule has 3 aromatic carbocycles. The summed E-state index contributed by atoms with van der Waals surface area (Å²) in [6.45, 7) is 1.93. The molecule has 0 saturated carbocycles. The van der Waals surface area contributed by atoms with Crippen LogP contribution in [-0.2, 0) is 16.1 Å². The summed E-state index contributed by atoms with van der Waals surface area (Å²) in [6, 6.07) is 19.5. The molecule has 0 aliphatic carbocycles. The van der Waals surface area contributed by atoms with E-state index in [9.17, 15) is 9.59 Å². The van der Waals surface area contributed by atoms with Gasteiger partial charge >= 0.3 is 0 Å². The second kappa shape index (κ2) is 9.07. The van der Waals surface area contributed by atoms with E-state index in [1.54, 1.807) is 54.6 Å². The van der Waals surface area contributed by atoms with Gasteiger partial charge in [0.05, 0.1) is 19.2 Å². The topological polar surface area (TPSA) is 58.6 Å². The predicted molar refractivity (Wildman–Crippen MR) is 127 cm³/mol. The number of benzene rings is 3. The lowest BCUT2D eigenvalue weighted by molar-refractivity contribution is -0.137. The molecule has 4 rings (SSSR count). The van der Waals surface area contributed by atoms with Crippen LogP contribution in [0.5, 0.6) is 5.75 Å². The maximum Gasteiger partial charge on any atom is 0.278 e. The zero-order chi connectivity index (χ0) is 22.8. The SMILES string of the molecule is COc1ccccc1C1=C(Nc2ccc(Cl)cc2C)C(=O)N(Cc2ccccc2Cl)C1=O. The minimum absolute atomic E-state index is 0.0563. The first kappa shape index (κ1) is 21.9. The maximum absolute atomic E-state index is 13.5. The van der Waals surface area contributed by atoms with Crippen LogP contribution in [0.15, 0.2) is 72.4 Å². The van der Waals surface area contributed by atoms with Crippen molar-refractivity contribution in [1.29, 1.82) is 0 Å². The number of imide groups is 1. The van der Waals surface area contributed by atoms with Crippen LogP contribution < -0.4 is 10.1 Å². The normalized spacial score (nSPS) is 13.7. The van der Waals surface area contributed by atoms with Crippen LogP contribution in [-0.4, -0.2) is 23.8 Å². The highest BCUT2D eigenvalue weighted by Gasteiger charge is 2.40. The van der Waals surface area contributed by atoms with Gasteiger partial charge in [-0.15, -0.1) is 0 Å². The standard InChI is InChI=1S/C25H20Cl2N2O3/c1-15-13-17(26)11-12-20(15)28-23-22(18-8-4-6-10-21(18)32-2)24(30)29(25(23)31)14-16-7-3-5-9-19(16)27/h3-13,28H,14H2,1-2H3. The number of aryl methyl sites for hydroxylation is 1. The van der Waals surface area contributed by atoms with E-state index in [0.717, 1.165) is 5.56 Å². The molecular formula is C25H20Cl2N2O3. The average molecular weight is 467 g/mol. The second-order valence-electron chi connectivity index (χ2n) is 7.32. The number of carbonyl (C=O) groups is 2. The lowest BCUT2D eigenvalue weighted by atomic mass is 10.0. The Labute approximate surface area is 196 Å². The van der Waals surface area contributed by atoms with Gasteiger partial charge in [-0.1, -0.05) is 59.6 Å². The molecule has 0 unspecified atom stereocenters. The monoisotopic (exact) mass is 466 g/mol. The number of hydrogen-bond acceptors (Lipinski definition) is 4. The van der Waals surface area contributed by atoms with Gasteiger partial charge in [0.25, 0.3) is 11.8 Å². The van der Waals surface area contributed by atoms with Gasteiger partial charge < -0.3 is 10.1 Å². The van der Waals surface area contributed by atoms with Gasteiger partial charge in [-0.3, -0.25) is 14.5 Å². The number of carbonyl (C=O) groups excluding carboxylic acids is 2. The van der Waals surface area contributed by atoms with E-state index in [0.29, 0.717) is 32.6 Å². The van der Waals surface area contributed by atoms with Crippen LogP contribution in [0.2, 0.25) is 10.0 Å². The molecule has 1 heterocycles. The fourth-order valence-electron chi connectivity index (χ4n) is 3.64. The summed E-state index contributed by atoms with van der Waals surface area (Å²) < 4.78 is 5.47. The van der Waals surface area contributed by atoms with Crippen molar-refractivity contribution in [1.82, 2.24) is 4.90 Å². The van der Waals surface area contributed by atoms with Crippen molar-refractivity contribution in [2.75, 3.05) is 12.4 Å². The number of hydrogen-bond donors (Lipinski definition) is 1. The smallest absolute Gasteiger partial charge is 0.278 e. The molecule has 0 atom stereocenters. The highest BCUT2D eigenvalue weighted by molar-refractivity contribution is 6.37. The summed E-state index contributed by atoms with van der Waals surface area (Å²) in [5.74, 6) is -0.367. The summed E-state index contributed by atoms with van der Waals surface area (Å²) in [5.41, 5.74) is 3.15. The number of halogens is 2. The third-order valence-electron chi connectivity index (χ3n) is 5.28. The first-order valence-electron chi connectivity index (χ1n) is 9.91. The van der Waals surface area contributed by atoms with E-state index < -0.39 is 11.8 Å². The lowest BCUT2D eigenvalue weighted by Crippen LogP contribution is -2.32. The Bertz CT molecular complexity index is 1250. The number of methoxy groups -OCH3 is 1. The Kier molecular flexibility index (Phi) is 6.21. The van der Waals surface area contributed by atoms with Crippen molar-refractivity contribution in [3.8, 4) is 5.75 Å². The predicted octanol–water partition coefficient (Wildman–Crippen LogP) is 5.70. The van der Waals surface area contributed by atoms with Gasteiger partial charge in [0.15, 0.2) is 0 Å². The molecule has 1 N–H and O–H groups in total. The lowest BCUT2D eigenvalue weighted by Gasteiger charge is -2.16. The molecule has 0 aromatic heterocycles. The Morgan fingerprint density at radius 2 is 1.66 bits per heavy atom. The van der Waals surface area contributed by atoms with E-state index >= 15 is 0 Å². The van der Waals surface area contributed by atoms with Gasteiger partial charge in [0.2, 0.25) is 0 Å². The molecule has 0 fully saturated rings. The molecule has 0 bridgehead atoms. The second-order valence-corrected chi connectivity index (χ2v) is 8.17. The molecule has 162 valence electrons. The van der Waals surface area contributed by atoms with Crippen molar-refractivity contribution < 1.29 is 14.3 Å². The molecule has 0 spiro atoms. The molecule has 2 amide bonds. The number of nitrogens with one attached hydrogen (secondary N) is 1.